The van der Waals surface area contributed by atoms with E-state index in [1.165, 1.54) is 0 Å². The van der Waals surface area contributed by atoms with Crippen LogP contribution in [0.4, 0.5) is 0 Å². The molecular formula is C19H16O5. The zero-order chi connectivity index (χ0) is 17.3. The van der Waals surface area contributed by atoms with Crippen LogP contribution in [-0.4, -0.2) is 28.8 Å². The molecule has 0 amide bonds. The lowest BCUT2D eigenvalue weighted by Gasteiger charge is -2.30. The van der Waals surface area contributed by atoms with Crippen LogP contribution in [0.1, 0.15) is 16.7 Å². The Labute approximate surface area is 138 Å². The zero-order valence-electron chi connectivity index (χ0n) is 13.0. The van der Waals surface area contributed by atoms with Crippen LogP contribution in [-0.2, 0) is 15.0 Å². The van der Waals surface area contributed by atoms with Crippen LogP contribution in [0.3, 0.4) is 0 Å². The maximum absolute atomic E-state index is 11.9. The first-order chi connectivity index (χ1) is 11.5. The molecule has 2 N–H and O–H groups in total. The number of benzene rings is 2. The van der Waals surface area contributed by atoms with Gasteiger partial charge >= 0.3 is 11.9 Å². The van der Waals surface area contributed by atoms with Gasteiger partial charge in [0.25, 0.3) is 0 Å². The molecule has 0 aromatic heterocycles. The average molecular weight is 324 g/mol. The highest BCUT2D eigenvalue weighted by atomic mass is 16.5. The van der Waals surface area contributed by atoms with E-state index in [0.717, 1.165) is 17.2 Å². The van der Waals surface area contributed by atoms with Crippen LogP contribution in [0.5, 0.6) is 5.75 Å². The molecule has 0 aliphatic carbocycles. The summed E-state index contributed by atoms with van der Waals surface area (Å²) in [4.78, 5) is 23.2. The number of aryl methyl sites for hydroxylation is 1. The summed E-state index contributed by atoms with van der Waals surface area (Å²) < 4.78 is 5.74. The van der Waals surface area contributed by atoms with Gasteiger partial charge in [0.1, 0.15) is 12.4 Å². The summed E-state index contributed by atoms with van der Waals surface area (Å²) in [5, 5.41) is 18.9. The first-order valence-corrected chi connectivity index (χ1v) is 7.43. The van der Waals surface area contributed by atoms with Gasteiger partial charge in [0.2, 0.25) is 0 Å². The van der Waals surface area contributed by atoms with Gasteiger partial charge in [-0.2, -0.15) is 0 Å². The van der Waals surface area contributed by atoms with Crippen LogP contribution in [0.15, 0.2) is 60.2 Å². The van der Waals surface area contributed by atoms with Gasteiger partial charge in [0.15, 0.2) is 0 Å². The highest BCUT2D eigenvalue weighted by Crippen LogP contribution is 2.49. The molecule has 0 radical (unpaired) electrons. The van der Waals surface area contributed by atoms with Crippen LogP contribution < -0.4 is 4.74 Å². The van der Waals surface area contributed by atoms with Gasteiger partial charge in [0.05, 0.1) is 11.0 Å². The lowest BCUT2D eigenvalue weighted by atomic mass is 9.69. The minimum Gasteiger partial charge on any atom is -0.492 e. The minimum atomic E-state index is -1.30. The Morgan fingerprint density at radius 2 is 1.67 bits per heavy atom. The van der Waals surface area contributed by atoms with Crippen molar-refractivity contribution in [3.8, 4) is 5.75 Å². The average Bonchev–Trinajstić information content (AvgIpc) is 2.93. The molecule has 0 spiro atoms. The monoisotopic (exact) mass is 324 g/mol. The van der Waals surface area contributed by atoms with Crippen LogP contribution >= 0.6 is 0 Å². The first kappa shape index (κ1) is 15.8. The third kappa shape index (κ3) is 2.34. The topological polar surface area (TPSA) is 83.8 Å². The number of carbonyl (C=O) groups is 2. The van der Waals surface area contributed by atoms with Gasteiger partial charge in [-0.25, -0.2) is 9.59 Å². The molecule has 24 heavy (non-hydrogen) atoms. The van der Waals surface area contributed by atoms with Crippen LogP contribution in [0, 0.1) is 6.92 Å². The van der Waals surface area contributed by atoms with Crippen molar-refractivity contribution in [3.05, 3.63) is 76.9 Å². The Bertz CT molecular complexity index is 852. The minimum absolute atomic E-state index is 0.0443. The van der Waals surface area contributed by atoms with Gasteiger partial charge in [0, 0.05) is 11.6 Å². The van der Waals surface area contributed by atoms with Crippen LogP contribution in [0.2, 0.25) is 0 Å². The van der Waals surface area contributed by atoms with E-state index >= 15 is 0 Å². The summed E-state index contributed by atoms with van der Waals surface area (Å²) in [6.07, 6.45) is 0.764. The quantitative estimate of drug-likeness (QED) is 0.845. The summed E-state index contributed by atoms with van der Waals surface area (Å²) in [5.41, 5.74) is 0.884. The maximum Gasteiger partial charge on any atom is 0.333 e. The van der Waals surface area contributed by atoms with Gasteiger partial charge in [-0.3, -0.25) is 0 Å². The summed E-state index contributed by atoms with van der Waals surface area (Å²) >= 11 is 0. The SMILES string of the molecule is Cc1ccccc1C1(/C(=C\C(=O)O)C(=O)O)COc2ccccc21. The molecule has 3 rings (SSSR count). The maximum atomic E-state index is 11.9. The molecule has 0 fully saturated rings. The van der Waals surface area contributed by atoms with Crippen molar-refractivity contribution in [1.29, 1.82) is 0 Å². The van der Waals surface area contributed by atoms with E-state index in [1.807, 2.05) is 31.2 Å². The molecular weight excluding hydrogens is 308 g/mol. The highest BCUT2D eigenvalue weighted by molar-refractivity contribution is 5.98. The van der Waals surface area contributed by atoms with Gasteiger partial charge in [-0.1, -0.05) is 42.5 Å². The number of fused-ring (bicyclic) bond motifs is 1. The van der Waals surface area contributed by atoms with Gasteiger partial charge in [-0.05, 0) is 24.1 Å². The second-order valence-corrected chi connectivity index (χ2v) is 5.71. The van der Waals surface area contributed by atoms with Crippen molar-refractivity contribution in [2.24, 2.45) is 0 Å². The molecule has 5 nitrogen and oxygen atoms in total. The van der Waals surface area contributed by atoms with Crippen molar-refractivity contribution >= 4 is 11.9 Å². The fraction of sp³-hybridized carbons (Fsp3) is 0.158. The van der Waals surface area contributed by atoms with Crippen molar-refractivity contribution < 1.29 is 24.5 Å². The third-order valence-electron chi connectivity index (χ3n) is 4.35. The normalized spacial score (nSPS) is 19.5. The number of ether oxygens (including phenoxy) is 1. The molecule has 1 aliphatic heterocycles. The predicted octanol–water partition coefficient (Wildman–Crippen LogP) is 2.77. The Balaban J connectivity index is 2.38. The smallest absolute Gasteiger partial charge is 0.333 e. The van der Waals surface area contributed by atoms with Crippen molar-refractivity contribution in [3.63, 3.8) is 0 Å². The standard InChI is InChI=1S/C19H16O5/c1-12-6-2-3-7-13(12)19(15(18(22)23)10-17(20)21)11-24-16-9-5-4-8-14(16)19/h2-10H,11H2,1H3,(H,20,21)(H,22,23)/b15-10-. The van der Waals surface area contributed by atoms with E-state index in [1.54, 1.807) is 24.3 Å². The molecule has 0 saturated carbocycles. The molecule has 0 bridgehead atoms. The number of carboxylic acids is 2. The second-order valence-electron chi connectivity index (χ2n) is 5.71. The lowest BCUT2D eigenvalue weighted by Crippen LogP contribution is -2.37. The molecule has 1 atom stereocenters. The highest BCUT2D eigenvalue weighted by Gasteiger charge is 2.49. The number of aliphatic carboxylic acids is 2. The molecule has 1 unspecified atom stereocenters. The van der Waals surface area contributed by atoms with Crippen molar-refractivity contribution in [2.45, 2.75) is 12.3 Å². The number of carboxylic acid groups (broad SMARTS) is 2. The summed E-state index contributed by atoms with van der Waals surface area (Å²) in [7, 11) is 0. The molecule has 122 valence electrons. The predicted molar refractivity (Wildman–Crippen MR) is 87.3 cm³/mol. The fourth-order valence-corrected chi connectivity index (χ4v) is 3.34. The molecule has 2 aromatic rings. The van der Waals surface area contributed by atoms with Gasteiger partial charge in [-0.15, -0.1) is 0 Å². The zero-order valence-corrected chi connectivity index (χ0v) is 13.0. The summed E-state index contributed by atoms with van der Waals surface area (Å²) in [5.74, 6) is -2.01. The molecule has 0 saturated heterocycles. The Morgan fingerprint density at radius 1 is 1.04 bits per heavy atom. The van der Waals surface area contributed by atoms with Crippen molar-refractivity contribution in [1.82, 2.24) is 0 Å². The van der Waals surface area contributed by atoms with Crippen LogP contribution in [0.25, 0.3) is 0 Å². The van der Waals surface area contributed by atoms with Gasteiger partial charge < -0.3 is 14.9 Å². The van der Waals surface area contributed by atoms with Crippen molar-refractivity contribution in [2.75, 3.05) is 6.61 Å². The van der Waals surface area contributed by atoms with E-state index in [4.69, 9.17) is 4.74 Å². The van der Waals surface area contributed by atoms with E-state index in [-0.39, 0.29) is 12.2 Å². The van der Waals surface area contributed by atoms with E-state index in [9.17, 15) is 19.8 Å². The number of rotatable bonds is 4. The van der Waals surface area contributed by atoms with E-state index in [0.29, 0.717) is 11.3 Å². The second kappa shape index (κ2) is 5.85. The largest absolute Gasteiger partial charge is 0.492 e. The molecule has 2 aromatic carbocycles. The molecule has 5 heteroatoms. The summed E-state index contributed by atoms with van der Waals surface area (Å²) in [6.45, 7) is 1.92. The Hall–Kier alpha value is -3.08. The number of hydrogen-bond donors (Lipinski definition) is 2. The lowest BCUT2D eigenvalue weighted by molar-refractivity contribution is -0.135. The number of para-hydroxylation sites is 1. The molecule has 1 heterocycles. The first-order valence-electron chi connectivity index (χ1n) is 7.43. The Morgan fingerprint density at radius 3 is 2.29 bits per heavy atom. The van der Waals surface area contributed by atoms with E-state index < -0.39 is 17.4 Å². The number of hydrogen-bond acceptors (Lipinski definition) is 3. The fourth-order valence-electron chi connectivity index (χ4n) is 3.34. The summed E-state index contributed by atoms with van der Waals surface area (Å²) in [6, 6.07) is 14.5. The molecule has 1 aliphatic rings. The van der Waals surface area contributed by atoms with E-state index in [2.05, 4.69) is 0 Å². The Kier molecular flexibility index (Phi) is 3.85. The third-order valence-corrected chi connectivity index (χ3v) is 4.35.